The van der Waals surface area contributed by atoms with Gasteiger partial charge in [-0.05, 0) is 61.2 Å². The lowest BCUT2D eigenvalue weighted by Crippen LogP contribution is -2.66. The van der Waals surface area contributed by atoms with E-state index in [4.69, 9.17) is 18.8 Å². The van der Waals surface area contributed by atoms with Gasteiger partial charge in [0.15, 0.2) is 0 Å². The molecule has 0 aliphatic carbocycles. The summed E-state index contributed by atoms with van der Waals surface area (Å²) in [5.74, 6) is -0.388. The number of fused-ring (bicyclic) bond motifs is 1. The van der Waals surface area contributed by atoms with Gasteiger partial charge >= 0.3 is 19.2 Å². The van der Waals surface area contributed by atoms with Gasteiger partial charge in [0.2, 0.25) is 0 Å². The van der Waals surface area contributed by atoms with E-state index in [9.17, 15) is 9.59 Å². The van der Waals surface area contributed by atoms with Gasteiger partial charge in [0.25, 0.3) is 0 Å². The Bertz CT molecular complexity index is 675. The Kier molecular flexibility index (Phi) is 5.97. The van der Waals surface area contributed by atoms with Gasteiger partial charge in [-0.1, -0.05) is 6.42 Å². The molecule has 3 rings (SSSR count). The monoisotopic (exact) mass is 424 g/mol. The van der Waals surface area contributed by atoms with Gasteiger partial charge in [-0.25, -0.2) is 9.59 Å². The number of nitrogens with zero attached hydrogens (tertiary/aromatic N) is 1. The number of likely N-dealkylation sites (tertiary alicyclic amines) is 1. The van der Waals surface area contributed by atoms with Crippen LogP contribution in [-0.2, 0) is 23.6 Å². The maximum absolute atomic E-state index is 12.8. The minimum atomic E-state index is -0.651. The highest BCUT2D eigenvalue weighted by molar-refractivity contribution is 6.45. The van der Waals surface area contributed by atoms with E-state index < -0.39 is 17.7 Å². The molecule has 0 aromatic carbocycles. The van der Waals surface area contributed by atoms with E-state index in [1.54, 1.807) is 0 Å². The summed E-state index contributed by atoms with van der Waals surface area (Å²) >= 11 is 0. The van der Waals surface area contributed by atoms with Crippen LogP contribution in [0.25, 0.3) is 0 Å². The summed E-state index contributed by atoms with van der Waals surface area (Å²) < 4.78 is 22.9. The van der Waals surface area contributed by atoms with Crippen molar-refractivity contribution in [2.75, 3.05) is 20.2 Å². The lowest BCUT2D eigenvalue weighted by molar-refractivity contribution is -0.151. The van der Waals surface area contributed by atoms with Crippen molar-refractivity contribution in [3.63, 3.8) is 0 Å². The van der Waals surface area contributed by atoms with Gasteiger partial charge in [-0.2, -0.15) is 0 Å². The number of esters is 1. The summed E-state index contributed by atoms with van der Waals surface area (Å²) in [6.07, 6.45) is 1.86. The van der Waals surface area contributed by atoms with E-state index in [-0.39, 0.29) is 35.7 Å². The highest BCUT2D eigenvalue weighted by Crippen LogP contribution is 2.48. The number of nitrogens with one attached hydrogen (secondary N) is 1. The fraction of sp³-hybridized carbons (Fsp3) is 0.905. The summed E-state index contributed by atoms with van der Waals surface area (Å²) in [4.78, 5) is 27.1. The quantitative estimate of drug-likeness (QED) is 0.536. The third kappa shape index (κ3) is 4.08. The first-order valence-electron chi connectivity index (χ1n) is 10.9. The second kappa shape index (κ2) is 7.67. The molecular weight excluding hydrogens is 387 g/mol. The zero-order valence-corrected chi connectivity index (χ0v) is 19.7. The first-order chi connectivity index (χ1) is 13.7. The van der Waals surface area contributed by atoms with E-state index in [0.717, 1.165) is 19.2 Å². The minimum Gasteiger partial charge on any atom is -0.467 e. The highest BCUT2D eigenvalue weighted by Gasteiger charge is 2.64. The van der Waals surface area contributed by atoms with Crippen LogP contribution >= 0.6 is 0 Å². The number of amides is 1. The van der Waals surface area contributed by atoms with E-state index >= 15 is 0 Å². The number of ether oxygens (including phenoxy) is 2. The van der Waals surface area contributed by atoms with Crippen LogP contribution in [0, 0.1) is 5.41 Å². The van der Waals surface area contributed by atoms with Crippen molar-refractivity contribution >= 4 is 19.2 Å². The number of rotatable bonds is 5. The second-order valence-corrected chi connectivity index (χ2v) is 10.8. The molecule has 3 aliphatic rings. The third-order valence-electron chi connectivity index (χ3n) is 7.04. The maximum Gasteiger partial charge on any atom is 0.457 e. The number of hydrogen-bond acceptors (Lipinski definition) is 7. The van der Waals surface area contributed by atoms with Crippen LogP contribution in [0.4, 0.5) is 4.79 Å². The molecule has 3 saturated heterocycles. The summed E-state index contributed by atoms with van der Waals surface area (Å²) in [6, 6.07) is -0.602. The number of methoxy groups -OCH3 is 1. The Morgan fingerprint density at radius 1 is 1.17 bits per heavy atom. The molecule has 0 saturated carbocycles. The summed E-state index contributed by atoms with van der Waals surface area (Å²) in [5, 5.41) is 3.39. The lowest BCUT2D eigenvalue weighted by atomic mass is 9.66. The molecular formula is C21H37BN2O6. The molecule has 0 bridgehead atoms. The predicted octanol–water partition coefficient (Wildman–Crippen LogP) is 2.61. The molecule has 3 aliphatic heterocycles. The molecule has 30 heavy (non-hydrogen) atoms. The van der Waals surface area contributed by atoms with Crippen molar-refractivity contribution in [3.8, 4) is 0 Å². The second-order valence-electron chi connectivity index (χ2n) is 10.8. The predicted molar refractivity (Wildman–Crippen MR) is 113 cm³/mol. The van der Waals surface area contributed by atoms with Crippen LogP contribution in [-0.4, -0.2) is 73.2 Å². The average Bonchev–Trinajstić information content (AvgIpc) is 2.92. The largest absolute Gasteiger partial charge is 0.467 e. The Balaban J connectivity index is 1.69. The molecule has 9 heteroatoms. The molecule has 0 aromatic heterocycles. The lowest BCUT2D eigenvalue weighted by Gasteiger charge is -2.47. The molecule has 3 fully saturated rings. The van der Waals surface area contributed by atoms with Gasteiger partial charge in [0.05, 0.1) is 18.3 Å². The fourth-order valence-corrected chi connectivity index (χ4v) is 4.71. The van der Waals surface area contributed by atoms with Gasteiger partial charge < -0.3 is 24.1 Å². The molecule has 0 spiro atoms. The van der Waals surface area contributed by atoms with E-state index in [1.165, 1.54) is 12.0 Å². The first-order valence-corrected chi connectivity index (χ1v) is 10.9. The summed E-state index contributed by atoms with van der Waals surface area (Å²) in [6.45, 7) is 14.7. The molecule has 1 amide bonds. The van der Waals surface area contributed by atoms with Crippen LogP contribution in [0.15, 0.2) is 0 Å². The van der Waals surface area contributed by atoms with Crippen molar-refractivity contribution in [1.29, 1.82) is 0 Å². The van der Waals surface area contributed by atoms with E-state index in [2.05, 4.69) is 5.32 Å². The van der Waals surface area contributed by atoms with Crippen LogP contribution in [0.5, 0.6) is 0 Å². The SMILES string of the molecule is COC(=O)[C@H]1N(C(=O)OC(C)(C)C)C[C@@H]2NC[C@@]21CCCB1OC(C)(C)C(C)(C)O1. The Morgan fingerprint density at radius 3 is 2.23 bits per heavy atom. The van der Waals surface area contributed by atoms with Crippen molar-refractivity contribution in [3.05, 3.63) is 0 Å². The number of carbonyl (C=O) groups excluding carboxylic acids is 2. The standard InChI is InChI=1S/C21H37BN2O6/c1-18(2,3)28-17(26)24-12-14-21(13-23-14,15(24)16(25)27-8)10-9-11-22-29-19(4,5)20(6,7)30-22/h14-15,23H,9-13H2,1-8H3/t14-,15+,21-/m0/s1. The number of carbonyl (C=O) groups is 2. The third-order valence-corrected chi connectivity index (χ3v) is 7.04. The van der Waals surface area contributed by atoms with Gasteiger partial charge in [0.1, 0.15) is 11.6 Å². The van der Waals surface area contributed by atoms with Crippen LogP contribution in [0.2, 0.25) is 6.32 Å². The summed E-state index contributed by atoms with van der Waals surface area (Å²) in [5.41, 5.74) is -1.69. The maximum atomic E-state index is 12.8. The average molecular weight is 424 g/mol. The highest BCUT2D eigenvalue weighted by atomic mass is 16.7. The topological polar surface area (TPSA) is 86.3 Å². The molecule has 0 radical (unpaired) electrons. The van der Waals surface area contributed by atoms with Crippen molar-refractivity contribution in [1.82, 2.24) is 10.2 Å². The minimum absolute atomic E-state index is 0.0485. The molecule has 0 unspecified atom stereocenters. The molecule has 170 valence electrons. The van der Waals surface area contributed by atoms with Crippen LogP contribution in [0.1, 0.15) is 61.3 Å². The van der Waals surface area contributed by atoms with Crippen molar-refractivity contribution in [2.45, 2.75) is 96.5 Å². The van der Waals surface area contributed by atoms with Crippen LogP contribution < -0.4 is 5.32 Å². The first kappa shape index (κ1) is 23.4. The Hall–Kier alpha value is -1.32. The number of hydrogen-bond donors (Lipinski definition) is 1. The van der Waals surface area contributed by atoms with Crippen LogP contribution in [0.3, 0.4) is 0 Å². The van der Waals surface area contributed by atoms with Crippen molar-refractivity contribution < 1.29 is 28.4 Å². The Labute approximate surface area is 180 Å². The van der Waals surface area contributed by atoms with Gasteiger partial charge in [-0.3, -0.25) is 4.90 Å². The smallest absolute Gasteiger partial charge is 0.457 e. The van der Waals surface area contributed by atoms with E-state index in [1.807, 2.05) is 48.5 Å². The molecule has 3 heterocycles. The van der Waals surface area contributed by atoms with Crippen molar-refractivity contribution in [2.24, 2.45) is 5.41 Å². The summed E-state index contributed by atoms with van der Waals surface area (Å²) in [7, 11) is 1.10. The Morgan fingerprint density at radius 2 is 1.77 bits per heavy atom. The zero-order chi connectivity index (χ0) is 22.5. The molecule has 0 aromatic rings. The zero-order valence-electron chi connectivity index (χ0n) is 19.7. The molecule has 3 atom stereocenters. The molecule has 8 nitrogen and oxygen atoms in total. The van der Waals surface area contributed by atoms with Gasteiger partial charge in [0, 0.05) is 24.5 Å². The molecule has 1 N–H and O–H groups in total. The van der Waals surface area contributed by atoms with E-state index in [0.29, 0.717) is 13.1 Å². The normalized spacial score (nSPS) is 31.9. The fourth-order valence-electron chi connectivity index (χ4n) is 4.71. The van der Waals surface area contributed by atoms with Gasteiger partial charge in [-0.15, -0.1) is 0 Å².